The molecule has 2 heterocycles. The third-order valence-corrected chi connectivity index (χ3v) is 8.91. The maximum Gasteiger partial charge on any atom is 0.328 e. The molecule has 1 aliphatic heterocycles. The highest BCUT2D eigenvalue weighted by atomic mass is 32.2. The number of ether oxygens (including phenoxy) is 3. The summed E-state index contributed by atoms with van der Waals surface area (Å²) in [6.45, 7) is 2.08. The van der Waals surface area contributed by atoms with Crippen LogP contribution in [0.1, 0.15) is 41.6 Å². The molecule has 1 aliphatic rings. The average molecular weight is 631 g/mol. The van der Waals surface area contributed by atoms with E-state index in [0.717, 1.165) is 27.4 Å². The lowest BCUT2D eigenvalue weighted by molar-refractivity contribution is -0.268. The second-order valence-corrected chi connectivity index (χ2v) is 11.9. The van der Waals surface area contributed by atoms with Crippen molar-refractivity contribution in [3.8, 4) is 0 Å². The van der Waals surface area contributed by atoms with Crippen molar-refractivity contribution in [2.24, 2.45) is 13.0 Å². The maximum absolute atomic E-state index is 13.0. The zero-order valence-electron chi connectivity index (χ0n) is 25.5. The Hall–Kier alpha value is -4.16. The number of urea groups is 1. The molecule has 5 rings (SSSR count). The first-order valence-electron chi connectivity index (χ1n) is 14.7. The van der Waals surface area contributed by atoms with Gasteiger partial charge in [0.1, 0.15) is 6.04 Å². The van der Waals surface area contributed by atoms with Crippen molar-refractivity contribution < 1.29 is 28.9 Å². The third-order valence-electron chi connectivity index (χ3n) is 7.77. The van der Waals surface area contributed by atoms with E-state index in [0.29, 0.717) is 17.9 Å². The van der Waals surface area contributed by atoms with E-state index >= 15 is 0 Å². The molecule has 2 amide bonds. The number of carbonyl (C=O) groups excluding carboxylic acids is 2. The molecule has 5 unspecified atom stereocenters. The van der Waals surface area contributed by atoms with E-state index in [-0.39, 0.29) is 24.7 Å². The van der Waals surface area contributed by atoms with Crippen LogP contribution in [0.25, 0.3) is 0 Å². The zero-order valence-corrected chi connectivity index (χ0v) is 26.3. The van der Waals surface area contributed by atoms with Crippen molar-refractivity contribution in [1.82, 2.24) is 14.9 Å². The van der Waals surface area contributed by atoms with Gasteiger partial charge in [-0.1, -0.05) is 85.4 Å². The molecule has 0 spiro atoms. The first-order valence-corrected chi connectivity index (χ1v) is 15.7. The summed E-state index contributed by atoms with van der Waals surface area (Å²) in [4.78, 5) is 29.9. The number of aliphatic hydroxyl groups is 1. The molecule has 10 nitrogen and oxygen atoms in total. The Balaban J connectivity index is 1.32. The average Bonchev–Trinajstić information content (AvgIpc) is 3.48. The van der Waals surface area contributed by atoms with Crippen molar-refractivity contribution >= 4 is 29.4 Å². The Labute approximate surface area is 267 Å². The molecule has 11 heteroatoms. The molecule has 3 aromatic carbocycles. The topological polar surface area (TPSA) is 124 Å². The number of anilines is 1. The van der Waals surface area contributed by atoms with Crippen molar-refractivity contribution in [2.45, 2.75) is 49.6 Å². The number of thioether (sulfide) groups is 1. The molecular formula is C34H38N4O6S. The second-order valence-electron chi connectivity index (χ2n) is 10.9. The molecule has 3 N–H and O–H groups in total. The van der Waals surface area contributed by atoms with Gasteiger partial charge in [0.05, 0.1) is 25.9 Å². The van der Waals surface area contributed by atoms with Crippen molar-refractivity contribution in [1.29, 1.82) is 0 Å². The lowest BCUT2D eigenvalue weighted by Gasteiger charge is -2.41. The fraction of sp³-hybridized carbons (Fsp3) is 0.324. The normalized spacial score (nSPS) is 20.3. The summed E-state index contributed by atoms with van der Waals surface area (Å²) in [5, 5.41) is 16.0. The number of imidazole rings is 1. The largest absolute Gasteiger partial charge is 0.467 e. The molecule has 1 aromatic heterocycles. The first-order chi connectivity index (χ1) is 21.8. The van der Waals surface area contributed by atoms with E-state index in [9.17, 15) is 14.7 Å². The van der Waals surface area contributed by atoms with Crippen LogP contribution < -0.4 is 10.6 Å². The number of aliphatic hydroxyl groups excluding tert-OH is 1. The van der Waals surface area contributed by atoms with Crippen LogP contribution in [-0.4, -0.2) is 51.7 Å². The highest BCUT2D eigenvalue weighted by Gasteiger charge is 2.38. The predicted molar refractivity (Wildman–Crippen MR) is 171 cm³/mol. The Morgan fingerprint density at radius 1 is 1.02 bits per heavy atom. The Kier molecular flexibility index (Phi) is 10.9. The van der Waals surface area contributed by atoms with Crippen LogP contribution in [0.3, 0.4) is 0 Å². The number of nitrogens with zero attached hydrogens (tertiary/aromatic N) is 2. The van der Waals surface area contributed by atoms with Crippen LogP contribution in [0.5, 0.6) is 0 Å². The second kappa shape index (κ2) is 15.2. The maximum atomic E-state index is 13.0. The summed E-state index contributed by atoms with van der Waals surface area (Å²) in [6.07, 6.45) is 2.82. The molecule has 0 radical (unpaired) electrons. The highest BCUT2D eigenvalue weighted by molar-refractivity contribution is 7.99. The number of hydrogen-bond acceptors (Lipinski definition) is 8. The third kappa shape index (κ3) is 8.31. The number of carbonyl (C=O) groups is 2. The quantitative estimate of drug-likeness (QED) is 0.149. The van der Waals surface area contributed by atoms with Gasteiger partial charge in [-0.15, -0.1) is 0 Å². The van der Waals surface area contributed by atoms with Crippen LogP contribution in [0, 0.1) is 5.92 Å². The number of aromatic nitrogens is 2. The molecule has 1 saturated heterocycles. The van der Waals surface area contributed by atoms with Gasteiger partial charge in [-0.25, -0.2) is 14.6 Å². The number of benzene rings is 3. The van der Waals surface area contributed by atoms with Crippen molar-refractivity contribution in [3.05, 3.63) is 114 Å². The summed E-state index contributed by atoms with van der Waals surface area (Å²) in [7, 11) is 3.26. The van der Waals surface area contributed by atoms with Crippen LogP contribution in [-0.2, 0) is 39.1 Å². The minimum Gasteiger partial charge on any atom is -0.467 e. The molecule has 4 aromatic rings. The van der Waals surface area contributed by atoms with Gasteiger partial charge in [-0.2, -0.15) is 0 Å². The van der Waals surface area contributed by atoms with Crippen molar-refractivity contribution in [2.75, 3.05) is 18.2 Å². The highest BCUT2D eigenvalue weighted by Crippen LogP contribution is 2.43. The number of aryl methyl sites for hydroxylation is 1. The molecule has 0 saturated carbocycles. The van der Waals surface area contributed by atoms with E-state index in [1.165, 1.54) is 7.11 Å². The monoisotopic (exact) mass is 630 g/mol. The van der Waals surface area contributed by atoms with Crippen LogP contribution >= 0.6 is 11.8 Å². The Morgan fingerprint density at radius 3 is 2.49 bits per heavy atom. The molecule has 45 heavy (non-hydrogen) atoms. The zero-order chi connectivity index (χ0) is 31.8. The molecule has 0 bridgehead atoms. The molecule has 5 atom stereocenters. The molecule has 236 valence electrons. The Bertz CT molecular complexity index is 1560. The van der Waals surface area contributed by atoms with E-state index in [1.54, 1.807) is 30.1 Å². The minimum absolute atomic E-state index is 0.0148. The van der Waals surface area contributed by atoms with E-state index in [4.69, 9.17) is 14.2 Å². The van der Waals surface area contributed by atoms with Gasteiger partial charge in [-0.05, 0) is 28.8 Å². The number of rotatable bonds is 11. The van der Waals surface area contributed by atoms with E-state index < -0.39 is 24.3 Å². The Morgan fingerprint density at radius 2 is 1.80 bits per heavy atom. The summed E-state index contributed by atoms with van der Waals surface area (Å²) in [5.74, 6) is 0.141. The number of amides is 2. The van der Waals surface area contributed by atoms with Gasteiger partial charge in [0.2, 0.25) is 0 Å². The van der Waals surface area contributed by atoms with E-state index in [2.05, 4.69) is 22.5 Å². The molecule has 0 aliphatic carbocycles. The fourth-order valence-corrected chi connectivity index (χ4v) is 6.33. The first kappa shape index (κ1) is 32.2. The summed E-state index contributed by atoms with van der Waals surface area (Å²) in [5.41, 5.74) is 3.96. The standard InChI is InChI=1S/C34H38N4O6S/c1-22-29(21-45-34-35-16-17-38(34)2)43-32(44-30(22)25-14-12-24(20-39)13-15-25)26-10-7-11-27(19-26)36-33(41)37-28(31(40)42-3)18-23-8-5-4-6-9-23/h4-17,19,22,28-30,32,39H,18,20-21H2,1-3H3,(H2,36,37,41). The smallest absolute Gasteiger partial charge is 0.328 e. The molecule has 1 fully saturated rings. The van der Waals surface area contributed by atoms with Gasteiger partial charge in [0.15, 0.2) is 11.4 Å². The van der Waals surface area contributed by atoms with Gasteiger partial charge >= 0.3 is 12.0 Å². The van der Waals surface area contributed by atoms with Crippen LogP contribution in [0.2, 0.25) is 0 Å². The van der Waals surface area contributed by atoms with Crippen LogP contribution in [0.15, 0.2) is 96.4 Å². The summed E-state index contributed by atoms with van der Waals surface area (Å²) in [6, 6.07) is 23.1. The van der Waals surface area contributed by atoms with Gasteiger partial charge in [-0.3, -0.25) is 0 Å². The number of nitrogens with one attached hydrogen (secondary N) is 2. The fourth-order valence-electron chi connectivity index (χ4n) is 5.23. The van der Waals surface area contributed by atoms with Gasteiger partial charge in [0, 0.05) is 48.8 Å². The molecular weight excluding hydrogens is 592 g/mol. The number of hydrogen-bond donors (Lipinski definition) is 3. The van der Waals surface area contributed by atoms with E-state index in [1.807, 2.05) is 84.5 Å². The van der Waals surface area contributed by atoms with Crippen LogP contribution in [0.4, 0.5) is 10.5 Å². The SMILES string of the molecule is COC(=O)C(Cc1ccccc1)NC(=O)Nc1cccc(C2OC(CSc3nccn3C)C(C)C(c3ccc(CO)cc3)O2)c1. The van der Waals surface area contributed by atoms with Gasteiger partial charge < -0.3 is 34.5 Å². The van der Waals surface area contributed by atoms with Gasteiger partial charge in [0.25, 0.3) is 0 Å². The number of esters is 1. The van der Waals surface area contributed by atoms with Crippen molar-refractivity contribution in [3.63, 3.8) is 0 Å². The number of methoxy groups -OCH3 is 1. The minimum atomic E-state index is -0.859. The summed E-state index contributed by atoms with van der Waals surface area (Å²) < 4.78 is 20.0. The predicted octanol–water partition coefficient (Wildman–Crippen LogP) is 5.40. The lowest BCUT2D eigenvalue weighted by atomic mass is 9.91. The summed E-state index contributed by atoms with van der Waals surface area (Å²) >= 11 is 1.62. The lowest BCUT2D eigenvalue weighted by Crippen LogP contribution is -2.45.